The summed E-state index contributed by atoms with van der Waals surface area (Å²) in [5.41, 5.74) is 2.29. The number of hydrogen-bond acceptors (Lipinski definition) is 37. The zero-order chi connectivity index (χ0) is 79.2. The van der Waals surface area contributed by atoms with Gasteiger partial charge in [0.25, 0.3) is 0 Å². The minimum Gasteiger partial charge on any atom is -0.390 e. The lowest BCUT2D eigenvalue weighted by molar-refractivity contribution is -0.297. The van der Waals surface area contributed by atoms with Crippen molar-refractivity contribution in [1.82, 2.24) is 60.9 Å². The van der Waals surface area contributed by atoms with Gasteiger partial charge in [0.15, 0.2) is 18.9 Å². The van der Waals surface area contributed by atoms with E-state index < -0.39 is 95.8 Å². The van der Waals surface area contributed by atoms with Crippen LogP contribution in [0.15, 0.2) is 18.6 Å². The zero-order valence-electron chi connectivity index (χ0n) is 63.7. The quantitative estimate of drug-likeness (QED) is 0.0234. The van der Waals surface area contributed by atoms with Crippen LogP contribution in [-0.2, 0) is 149 Å². The molecule has 0 saturated carbocycles. The summed E-state index contributed by atoms with van der Waals surface area (Å²) >= 11 is 0. The third-order valence-corrected chi connectivity index (χ3v) is 18.3. The predicted molar refractivity (Wildman–Crippen MR) is 376 cm³/mol. The minimum absolute atomic E-state index is 0.00820. The van der Waals surface area contributed by atoms with Gasteiger partial charge in [0.2, 0.25) is 17.7 Å². The van der Waals surface area contributed by atoms with E-state index in [2.05, 4.69) is 46.9 Å². The zero-order valence-corrected chi connectivity index (χ0v) is 63.7. The lowest BCUT2D eigenvalue weighted by atomic mass is 9.87. The predicted octanol–water partition coefficient (Wildman–Crippen LogP) is -6.09. The lowest BCUT2D eigenvalue weighted by Crippen LogP contribution is -2.68. The molecule has 0 radical (unpaired) electrons. The van der Waals surface area contributed by atoms with Crippen LogP contribution >= 0.6 is 0 Å². The van der Waals surface area contributed by atoms with E-state index in [0.717, 1.165) is 12.8 Å². The van der Waals surface area contributed by atoms with E-state index in [-0.39, 0.29) is 137 Å². The third-order valence-electron chi connectivity index (χ3n) is 18.3. The van der Waals surface area contributed by atoms with Crippen molar-refractivity contribution in [3.05, 3.63) is 35.7 Å². The van der Waals surface area contributed by atoms with Gasteiger partial charge in [0.1, 0.15) is 82.0 Å². The first-order chi connectivity index (χ1) is 53.7. The van der Waals surface area contributed by atoms with E-state index >= 15 is 0 Å². The van der Waals surface area contributed by atoms with Crippen LogP contribution in [0.5, 0.6) is 0 Å². The van der Waals surface area contributed by atoms with Crippen molar-refractivity contribution in [3.8, 4) is 0 Å². The number of fused-ring (bicyclic) bond motifs is 4. The molecule has 3 aromatic heterocycles. The molecule has 43 nitrogen and oxygen atoms in total. The molecule has 8 rings (SSSR count). The Labute approximate surface area is 643 Å². The highest BCUT2D eigenvalue weighted by Gasteiger charge is 2.60. The fraction of sp³-hybridized carbons (Fsp3) is 0.868. The Bertz CT molecular complexity index is 3080. The maximum atomic E-state index is 13.8. The third kappa shape index (κ3) is 30.7. The van der Waals surface area contributed by atoms with Gasteiger partial charge in [-0.3, -0.25) is 14.4 Å². The van der Waals surface area contributed by atoms with Crippen molar-refractivity contribution in [2.45, 2.75) is 182 Å². The second-order valence-electron chi connectivity index (χ2n) is 27.7. The fourth-order valence-electron chi connectivity index (χ4n) is 12.4. The van der Waals surface area contributed by atoms with Gasteiger partial charge in [-0.05, 0) is 26.3 Å². The smallest absolute Gasteiger partial charge is 0.220 e. The highest BCUT2D eigenvalue weighted by atomic mass is 16.8. The second kappa shape index (κ2) is 48.9. The first kappa shape index (κ1) is 91.2. The van der Waals surface area contributed by atoms with Gasteiger partial charge in [-0.15, -0.1) is 15.3 Å². The van der Waals surface area contributed by atoms with Crippen molar-refractivity contribution in [2.75, 3.05) is 198 Å². The summed E-state index contributed by atoms with van der Waals surface area (Å²) in [7, 11) is 0. The number of carbonyl (C=O) groups is 3. The molecule has 5 aliphatic rings. The van der Waals surface area contributed by atoms with Gasteiger partial charge in [-0.2, -0.15) is 0 Å². The summed E-state index contributed by atoms with van der Waals surface area (Å²) in [6.45, 7) is 11.6. The van der Waals surface area contributed by atoms with Gasteiger partial charge < -0.3 is 152 Å². The number of hydrogen-bond donors (Lipinski definition) is 11. The summed E-state index contributed by atoms with van der Waals surface area (Å²) in [5, 5.41) is 107. The average molecular weight is 1600 g/mol. The summed E-state index contributed by atoms with van der Waals surface area (Å²) in [5.74, 6) is -1.13. The number of nitrogens with two attached hydrogens (primary N) is 1. The van der Waals surface area contributed by atoms with Crippen molar-refractivity contribution >= 4 is 17.7 Å². The molecule has 111 heavy (non-hydrogen) atoms. The molecule has 634 valence electrons. The van der Waals surface area contributed by atoms with Crippen LogP contribution in [0, 0.1) is 0 Å². The molecular weight excluding hydrogens is 1480 g/mol. The Morgan fingerprint density at radius 2 is 0.883 bits per heavy atom. The number of carbonyl (C=O) groups excluding carboxylic acids is 3. The molecule has 0 aromatic carbocycles. The molecule has 3 aromatic rings. The van der Waals surface area contributed by atoms with Crippen LogP contribution in [-0.4, -0.2) is 387 Å². The summed E-state index contributed by atoms with van der Waals surface area (Å²) in [6.07, 6.45) is -2.83. The largest absolute Gasteiger partial charge is 0.390 e. The van der Waals surface area contributed by atoms with E-state index in [1.807, 2.05) is 0 Å². The van der Waals surface area contributed by atoms with E-state index in [4.69, 9.17) is 100 Å². The molecule has 1 unspecified atom stereocenters. The van der Waals surface area contributed by atoms with Gasteiger partial charge in [0.05, 0.1) is 256 Å². The Kier molecular flexibility index (Phi) is 40.2. The maximum absolute atomic E-state index is 13.8. The first-order valence-electron chi connectivity index (χ1n) is 37.7. The number of aromatic nitrogens is 9. The standard InChI is InChI=1S/C68H117N13O30/c1-48(82)70-56-58(86)61(89)65(3,110-63(56)91)40-101-30-27-98-24-21-95-18-15-92-12-9-79-34-50(73-76-79)37-104-41-66(72-54(85)7-5-4-6-8-69,42-105-38-51-35-80(77-74-51)10-13-93-16-19-96-22-25-99-28-31-102-44-67-46-107-55(109-67)33-53(84)60(67)88)43-106-39-52-36-81(78-75-52)11-14-94-17-20-97-23-26-100-29-32-103-45-68-47-108-64(111-68)57(71-49(2)83)59(87)62(68)90/h34-36,53,55-64,84,86-91H,4-33,37-47,69H2,1-3H3,(H,70,82)(H,71,83)(H,72,85)/t53-,55+,56-,57-,58-,59-,60-,61-,62-,63+,64+,65-,66?,67+,68+/m1/s1. The Hall–Kier alpha value is -5.29. The molecular formula is C68H117N13O30. The monoisotopic (exact) mass is 1600 g/mol. The van der Waals surface area contributed by atoms with Crippen LogP contribution in [0.2, 0.25) is 0 Å². The summed E-state index contributed by atoms with van der Waals surface area (Å²) in [4.78, 5) is 36.8. The Morgan fingerprint density at radius 1 is 0.486 bits per heavy atom. The molecule has 3 amide bonds. The second-order valence-corrected chi connectivity index (χ2v) is 27.7. The lowest BCUT2D eigenvalue weighted by Gasteiger charge is -2.46. The number of rotatable bonds is 62. The summed E-state index contributed by atoms with van der Waals surface area (Å²) in [6, 6.07) is -2.10. The molecule has 8 heterocycles. The SMILES string of the molecule is CC(=O)N[C@@H]1[C@@H](O)[C@@H](O)[C@@](C)(COCCOCCOCCOCCn2cc(COCC(COCc3cn(CCOCCOCCOCCOC[C@@]45CO[C@@H](O4)[C@H](NC(C)=O)[C@@H](O)[C@H]5O)nn3)(COCc3cn(CCOCCOCCOCCOC[C@]45CO[C@H](C[C@@H](O)[C@H]4O)O5)nn3)NC(=O)CCCCCN)nn2)O[C@@H]1O. The first-order valence-corrected chi connectivity index (χ1v) is 37.7. The molecule has 43 heteroatoms. The van der Waals surface area contributed by atoms with Crippen LogP contribution in [0.4, 0.5) is 0 Å². The van der Waals surface area contributed by atoms with E-state index in [0.29, 0.717) is 149 Å². The molecule has 5 fully saturated rings. The number of nitrogens with one attached hydrogen (secondary N) is 3. The fourth-order valence-corrected chi connectivity index (χ4v) is 12.4. The number of ether oxygens (including phenoxy) is 20. The van der Waals surface area contributed by atoms with Crippen LogP contribution < -0.4 is 21.7 Å². The van der Waals surface area contributed by atoms with Crippen molar-refractivity contribution < 1.29 is 145 Å². The molecule has 4 bridgehead atoms. The van der Waals surface area contributed by atoms with Crippen molar-refractivity contribution in [3.63, 3.8) is 0 Å². The Balaban J connectivity index is 0.725. The van der Waals surface area contributed by atoms with Crippen LogP contribution in [0.25, 0.3) is 0 Å². The topological polar surface area (TPSA) is 532 Å². The van der Waals surface area contributed by atoms with Crippen molar-refractivity contribution in [1.29, 1.82) is 0 Å². The van der Waals surface area contributed by atoms with Gasteiger partial charge in [-0.1, -0.05) is 22.1 Å². The van der Waals surface area contributed by atoms with E-state index in [1.165, 1.54) is 20.8 Å². The summed E-state index contributed by atoms with van der Waals surface area (Å²) < 4.78 is 120. The van der Waals surface area contributed by atoms with Crippen molar-refractivity contribution in [2.24, 2.45) is 5.73 Å². The number of unbranched alkanes of at least 4 members (excludes halogenated alkanes) is 2. The van der Waals surface area contributed by atoms with Crippen LogP contribution in [0.3, 0.4) is 0 Å². The van der Waals surface area contributed by atoms with Gasteiger partial charge in [0, 0.05) is 26.7 Å². The highest BCUT2D eigenvalue weighted by Crippen LogP contribution is 2.39. The molecule has 5 aliphatic heterocycles. The molecule has 5 saturated heterocycles. The van der Waals surface area contributed by atoms with Gasteiger partial charge >= 0.3 is 0 Å². The highest BCUT2D eigenvalue weighted by molar-refractivity contribution is 5.77. The molecule has 0 spiro atoms. The molecule has 0 aliphatic carbocycles. The van der Waals surface area contributed by atoms with E-state index in [9.17, 15) is 50.1 Å². The molecule has 15 atom stereocenters. The minimum atomic E-state index is -1.55. The van der Waals surface area contributed by atoms with Crippen LogP contribution in [0.1, 0.15) is 70.0 Å². The maximum Gasteiger partial charge on any atom is 0.220 e. The average Bonchev–Trinajstić information content (AvgIpc) is 1.67. The Morgan fingerprint density at radius 3 is 1.32 bits per heavy atom. The van der Waals surface area contributed by atoms with E-state index in [1.54, 1.807) is 32.6 Å². The molecule has 12 N–H and O–H groups in total. The number of aliphatic hydroxyl groups excluding tert-OH is 7. The van der Waals surface area contributed by atoms with Gasteiger partial charge in [-0.25, -0.2) is 14.0 Å². The number of aliphatic hydroxyl groups is 7. The number of amides is 3. The normalized spacial score (nSPS) is 26.9. The number of nitrogens with zero attached hydrogens (tertiary/aromatic N) is 9.